The van der Waals surface area contributed by atoms with Crippen molar-refractivity contribution in [2.75, 3.05) is 14.2 Å². The first-order valence-electron chi connectivity index (χ1n) is 3.76. The Hall–Kier alpha value is -0.580. The molecule has 0 saturated carbocycles. The van der Waals surface area contributed by atoms with Crippen molar-refractivity contribution < 1.29 is 14.5 Å². The van der Waals surface area contributed by atoms with Crippen LogP contribution in [0.1, 0.15) is 5.56 Å². The minimum absolute atomic E-state index is 0.430. The second-order valence-corrected chi connectivity index (χ2v) is 3.25. The molecule has 0 bridgehead atoms. The maximum Gasteiger partial charge on any atom is 0.133 e. The van der Waals surface area contributed by atoms with Gasteiger partial charge in [0.1, 0.15) is 12.4 Å². The van der Waals surface area contributed by atoms with Crippen molar-refractivity contribution in [2.24, 2.45) is 0 Å². The van der Waals surface area contributed by atoms with Gasteiger partial charge in [-0.05, 0) is 33.6 Å². The predicted octanol–water partition coefficient (Wildman–Crippen LogP) is 2.54. The van der Waals surface area contributed by atoms with Gasteiger partial charge >= 0.3 is 0 Å². The SMILES string of the molecule is COOCc1ccc(OC)c(Br)c1. The van der Waals surface area contributed by atoms with Gasteiger partial charge in [-0.2, -0.15) is 0 Å². The van der Waals surface area contributed by atoms with Crippen LogP contribution in [0, 0.1) is 0 Å². The van der Waals surface area contributed by atoms with Gasteiger partial charge in [-0.1, -0.05) is 6.07 Å². The molecule has 1 aromatic rings. The number of benzene rings is 1. The van der Waals surface area contributed by atoms with Gasteiger partial charge in [-0.15, -0.1) is 0 Å². The van der Waals surface area contributed by atoms with Crippen LogP contribution in [0.15, 0.2) is 22.7 Å². The lowest BCUT2D eigenvalue weighted by Gasteiger charge is -2.05. The first-order chi connectivity index (χ1) is 6.27. The summed E-state index contributed by atoms with van der Waals surface area (Å²) in [6.45, 7) is 0.430. The monoisotopic (exact) mass is 246 g/mol. The van der Waals surface area contributed by atoms with Gasteiger partial charge in [-0.25, -0.2) is 9.78 Å². The maximum absolute atomic E-state index is 5.09. The van der Waals surface area contributed by atoms with Crippen molar-refractivity contribution in [2.45, 2.75) is 6.61 Å². The maximum atomic E-state index is 5.09. The molecule has 0 N–H and O–H groups in total. The predicted molar refractivity (Wildman–Crippen MR) is 52.5 cm³/mol. The zero-order valence-electron chi connectivity index (χ0n) is 7.54. The minimum atomic E-state index is 0.430. The molecule has 0 heterocycles. The van der Waals surface area contributed by atoms with Crippen LogP contribution in [0.4, 0.5) is 0 Å². The number of rotatable bonds is 4. The smallest absolute Gasteiger partial charge is 0.133 e. The molecule has 13 heavy (non-hydrogen) atoms. The van der Waals surface area contributed by atoms with E-state index in [-0.39, 0.29) is 0 Å². The molecule has 0 aliphatic carbocycles. The third-order valence-electron chi connectivity index (χ3n) is 1.56. The second-order valence-electron chi connectivity index (χ2n) is 2.40. The first-order valence-corrected chi connectivity index (χ1v) is 4.55. The fraction of sp³-hybridized carbons (Fsp3) is 0.333. The molecular weight excluding hydrogens is 236 g/mol. The molecule has 0 unspecified atom stereocenters. The number of methoxy groups -OCH3 is 1. The Morgan fingerprint density at radius 1 is 1.31 bits per heavy atom. The Balaban J connectivity index is 2.71. The molecule has 3 nitrogen and oxygen atoms in total. The van der Waals surface area contributed by atoms with Crippen LogP contribution >= 0.6 is 15.9 Å². The topological polar surface area (TPSA) is 27.7 Å². The van der Waals surface area contributed by atoms with E-state index >= 15 is 0 Å². The molecule has 1 rings (SSSR count). The summed E-state index contributed by atoms with van der Waals surface area (Å²) in [7, 11) is 3.12. The van der Waals surface area contributed by atoms with Gasteiger partial charge in [0.2, 0.25) is 0 Å². The van der Waals surface area contributed by atoms with Gasteiger partial charge in [-0.3, -0.25) is 0 Å². The Morgan fingerprint density at radius 3 is 2.62 bits per heavy atom. The Morgan fingerprint density at radius 2 is 2.08 bits per heavy atom. The quantitative estimate of drug-likeness (QED) is 0.604. The van der Waals surface area contributed by atoms with Crippen LogP contribution in [0.25, 0.3) is 0 Å². The van der Waals surface area contributed by atoms with Crippen molar-refractivity contribution in [3.63, 3.8) is 0 Å². The third kappa shape index (κ3) is 2.99. The minimum Gasteiger partial charge on any atom is -0.496 e. The summed E-state index contributed by atoms with van der Waals surface area (Å²) in [5, 5.41) is 0. The van der Waals surface area contributed by atoms with Crippen molar-refractivity contribution in [1.29, 1.82) is 0 Å². The highest BCUT2D eigenvalue weighted by Gasteiger charge is 2.00. The highest BCUT2D eigenvalue weighted by molar-refractivity contribution is 9.10. The molecule has 0 spiro atoms. The largest absolute Gasteiger partial charge is 0.496 e. The molecular formula is C9H11BrO3. The fourth-order valence-electron chi connectivity index (χ4n) is 0.927. The van der Waals surface area contributed by atoms with E-state index < -0.39 is 0 Å². The molecule has 72 valence electrons. The Labute approximate surface area is 85.7 Å². The normalized spacial score (nSPS) is 10.1. The number of hydrogen-bond donors (Lipinski definition) is 0. The molecule has 1 aromatic carbocycles. The van der Waals surface area contributed by atoms with Crippen molar-refractivity contribution in [3.8, 4) is 5.75 Å². The molecule has 0 aliphatic heterocycles. The summed E-state index contributed by atoms with van der Waals surface area (Å²) >= 11 is 3.38. The lowest BCUT2D eigenvalue weighted by Crippen LogP contribution is -1.92. The molecule has 0 amide bonds. The zero-order chi connectivity index (χ0) is 9.68. The number of halogens is 1. The van der Waals surface area contributed by atoms with E-state index in [1.54, 1.807) is 7.11 Å². The van der Waals surface area contributed by atoms with E-state index in [9.17, 15) is 0 Å². The van der Waals surface area contributed by atoms with Gasteiger partial charge in [0, 0.05) is 0 Å². The Kier molecular flexibility index (Phi) is 4.21. The molecule has 0 fully saturated rings. The summed E-state index contributed by atoms with van der Waals surface area (Å²) in [6.07, 6.45) is 0. The summed E-state index contributed by atoms with van der Waals surface area (Å²) in [4.78, 5) is 9.28. The van der Waals surface area contributed by atoms with Gasteiger partial charge < -0.3 is 4.74 Å². The van der Waals surface area contributed by atoms with E-state index in [0.29, 0.717) is 6.61 Å². The molecule has 4 heteroatoms. The van der Waals surface area contributed by atoms with Gasteiger partial charge in [0.05, 0.1) is 18.7 Å². The highest BCUT2D eigenvalue weighted by Crippen LogP contribution is 2.25. The molecule has 0 radical (unpaired) electrons. The van der Waals surface area contributed by atoms with E-state index in [1.807, 2.05) is 18.2 Å². The van der Waals surface area contributed by atoms with Crippen molar-refractivity contribution >= 4 is 15.9 Å². The summed E-state index contributed by atoms with van der Waals surface area (Å²) in [6, 6.07) is 5.72. The van der Waals surface area contributed by atoms with Crippen molar-refractivity contribution in [1.82, 2.24) is 0 Å². The second kappa shape index (κ2) is 5.21. The van der Waals surface area contributed by atoms with Crippen LogP contribution in [0.2, 0.25) is 0 Å². The number of ether oxygens (including phenoxy) is 1. The molecule has 0 aromatic heterocycles. The van der Waals surface area contributed by atoms with Crippen LogP contribution in [0.5, 0.6) is 5.75 Å². The van der Waals surface area contributed by atoms with E-state index in [2.05, 4.69) is 20.8 Å². The lowest BCUT2D eigenvalue weighted by molar-refractivity contribution is -0.282. The van der Waals surface area contributed by atoms with E-state index in [0.717, 1.165) is 15.8 Å². The van der Waals surface area contributed by atoms with Crippen LogP contribution in [-0.2, 0) is 16.4 Å². The van der Waals surface area contributed by atoms with Gasteiger partial charge in [0.15, 0.2) is 0 Å². The average Bonchev–Trinajstić information content (AvgIpc) is 2.15. The molecule has 0 atom stereocenters. The van der Waals surface area contributed by atoms with Crippen molar-refractivity contribution in [3.05, 3.63) is 28.2 Å². The highest BCUT2D eigenvalue weighted by atomic mass is 79.9. The molecule has 0 aliphatic rings. The average molecular weight is 247 g/mol. The van der Waals surface area contributed by atoms with Gasteiger partial charge in [0.25, 0.3) is 0 Å². The van der Waals surface area contributed by atoms with E-state index in [4.69, 9.17) is 9.62 Å². The Bertz CT molecular complexity index is 276. The number of hydrogen-bond acceptors (Lipinski definition) is 3. The summed E-state index contributed by atoms with van der Waals surface area (Å²) in [5.41, 5.74) is 1.02. The van der Waals surface area contributed by atoms with Crippen LogP contribution in [-0.4, -0.2) is 14.2 Å². The summed E-state index contributed by atoms with van der Waals surface area (Å²) < 4.78 is 5.99. The zero-order valence-corrected chi connectivity index (χ0v) is 9.13. The van der Waals surface area contributed by atoms with Crippen LogP contribution < -0.4 is 4.74 Å². The fourth-order valence-corrected chi connectivity index (χ4v) is 1.51. The first kappa shape index (κ1) is 10.5. The van der Waals surface area contributed by atoms with E-state index in [1.165, 1.54) is 7.11 Å². The molecule has 0 saturated heterocycles. The summed E-state index contributed by atoms with van der Waals surface area (Å²) in [5.74, 6) is 0.807. The lowest BCUT2D eigenvalue weighted by atomic mass is 10.2. The third-order valence-corrected chi connectivity index (χ3v) is 2.18. The van der Waals surface area contributed by atoms with Crippen LogP contribution in [0.3, 0.4) is 0 Å². The standard InChI is InChI=1S/C9H11BrO3/c1-11-9-4-3-7(5-8(9)10)6-13-12-2/h3-5H,6H2,1-2H3.